The predicted octanol–water partition coefficient (Wildman–Crippen LogP) is 4.40. The van der Waals surface area contributed by atoms with Gasteiger partial charge in [-0.2, -0.15) is 5.10 Å². The average molecular weight is 422 g/mol. The number of para-hydroxylation sites is 1. The summed E-state index contributed by atoms with van der Waals surface area (Å²) in [5.41, 5.74) is 4.62. The molecule has 0 saturated heterocycles. The molecule has 2 amide bonds. The van der Waals surface area contributed by atoms with E-state index in [0.717, 1.165) is 5.56 Å². The predicted molar refractivity (Wildman–Crippen MR) is 118 cm³/mol. The summed E-state index contributed by atoms with van der Waals surface area (Å²) in [4.78, 5) is 23.9. The van der Waals surface area contributed by atoms with E-state index in [-0.39, 0.29) is 6.42 Å². The zero-order valence-corrected chi connectivity index (χ0v) is 16.8. The molecule has 7 heteroatoms. The maximum atomic E-state index is 12.0. The summed E-state index contributed by atoms with van der Waals surface area (Å²) in [6.45, 7) is 0.418. The van der Waals surface area contributed by atoms with E-state index < -0.39 is 11.8 Å². The van der Waals surface area contributed by atoms with Crippen molar-refractivity contribution in [3.63, 3.8) is 0 Å². The molecule has 0 fully saturated rings. The zero-order chi connectivity index (χ0) is 21.2. The number of nitrogens with zero attached hydrogens (tertiary/aromatic N) is 1. The van der Waals surface area contributed by atoms with E-state index in [2.05, 4.69) is 15.8 Å². The minimum Gasteiger partial charge on any atom is -0.488 e. The van der Waals surface area contributed by atoms with E-state index in [1.165, 1.54) is 6.21 Å². The Balaban J connectivity index is 1.51. The molecule has 3 rings (SSSR count). The molecular weight excluding hydrogens is 402 g/mol. The van der Waals surface area contributed by atoms with Gasteiger partial charge < -0.3 is 10.1 Å². The van der Waals surface area contributed by atoms with E-state index in [1.54, 1.807) is 24.3 Å². The number of carbonyl (C=O) groups excluding carboxylic acids is 2. The summed E-state index contributed by atoms with van der Waals surface area (Å²) in [6.07, 6.45) is 1.11. The quantitative estimate of drug-likeness (QED) is 0.321. The summed E-state index contributed by atoms with van der Waals surface area (Å²) >= 11 is 5.87. The normalized spacial score (nSPS) is 10.6. The van der Waals surface area contributed by atoms with Crippen LogP contribution >= 0.6 is 11.6 Å². The van der Waals surface area contributed by atoms with Gasteiger partial charge in [0.25, 0.3) is 0 Å². The summed E-state index contributed by atoms with van der Waals surface area (Å²) in [5.74, 6) is -0.358. The highest BCUT2D eigenvalue weighted by atomic mass is 35.5. The van der Waals surface area contributed by atoms with Gasteiger partial charge in [0.1, 0.15) is 18.8 Å². The SMILES string of the molecule is O=C(CC(=O)Nc1cccc(Cl)c1)N/N=C/c1ccccc1OCc1ccccc1. The fourth-order valence-corrected chi connectivity index (χ4v) is 2.77. The van der Waals surface area contributed by atoms with Crippen LogP contribution in [0.2, 0.25) is 5.02 Å². The minimum atomic E-state index is -0.534. The van der Waals surface area contributed by atoms with Gasteiger partial charge in [-0.1, -0.05) is 60.1 Å². The Morgan fingerprint density at radius 2 is 1.70 bits per heavy atom. The third kappa shape index (κ3) is 6.76. The van der Waals surface area contributed by atoms with Gasteiger partial charge in [-0.25, -0.2) is 5.43 Å². The van der Waals surface area contributed by atoms with E-state index >= 15 is 0 Å². The van der Waals surface area contributed by atoms with Gasteiger partial charge in [0.2, 0.25) is 11.8 Å². The van der Waals surface area contributed by atoms with Crippen LogP contribution in [0.3, 0.4) is 0 Å². The van der Waals surface area contributed by atoms with E-state index in [4.69, 9.17) is 16.3 Å². The number of amides is 2. The first-order valence-corrected chi connectivity index (χ1v) is 9.61. The Morgan fingerprint density at radius 3 is 2.50 bits per heavy atom. The van der Waals surface area contributed by atoms with E-state index in [1.807, 2.05) is 54.6 Å². The number of hydrogen-bond acceptors (Lipinski definition) is 4. The van der Waals surface area contributed by atoms with Crippen LogP contribution in [0.5, 0.6) is 5.75 Å². The number of carbonyl (C=O) groups is 2. The number of halogens is 1. The summed E-state index contributed by atoms with van der Waals surface area (Å²) in [7, 11) is 0. The van der Waals surface area contributed by atoms with Crippen LogP contribution in [0.25, 0.3) is 0 Å². The molecular formula is C23H20ClN3O3. The molecule has 0 radical (unpaired) electrons. The maximum Gasteiger partial charge on any atom is 0.249 e. The first kappa shape index (κ1) is 21.1. The molecule has 152 valence electrons. The van der Waals surface area contributed by atoms with Gasteiger partial charge >= 0.3 is 0 Å². The summed E-state index contributed by atoms with van der Waals surface area (Å²) in [5, 5.41) is 7.03. The van der Waals surface area contributed by atoms with Gasteiger partial charge in [-0.05, 0) is 35.9 Å². The number of anilines is 1. The fraction of sp³-hybridized carbons (Fsp3) is 0.0870. The Morgan fingerprint density at radius 1 is 0.933 bits per heavy atom. The third-order valence-corrected chi connectivity index (χ3v) is 4.21. The van der Waals surface area contributed by atoms with Crippen LogP contribution in [-0.2, 0) is 16.2 Å². The van der Waals surface area contributed by atoms with Crippen molar-refractivity contribution in [2.45, 2.75) is 13.0 Å². The highest BCUT2D eigenvalue weighted by molar-refractivity contribution is 6.30. The van der Waals surface area contributed by atoms with Crippen LogP contribution in [0.4, 0.5) is 5.69 Å². The van der Waals surface area contributed by atoms with Gasteiger partial charge in [-0.3, -0.25) is 9.59 Å². The first-order chi connectivity index (χ1) is 14.6. The molecule has 0 aliphatic heterocycles. The second-order valence-electron chi connectivity index (χ2n) is 6.34. The maximum absolute atomic E-state index is 12.0. The molecule has 3 aromatic rings. The number of ether oxygens (including phenoxy) is 1. The van der Waals surface area contributed by atoms with E-state index in [0.29, 0.717) is 28.6 Å². The lowest BCUT2D eigenvalue weighted by Crippen LogP contribution is -2.24. The fourth-order valence-electron chi connectivity index (χ4n) is 2.58. The smallest absolute Gasteiger partial charge is 0.249 e. The van der Waals surface area contributed by atoms with Crippen molar-refractivity contribution < 1.29 is 14.3 Å². The van der Waals surface area contributed by atoms with Crippen molar-refractivity contribution in [1.82, 2.24) is 5.43 Å². The largest absolute Gasteiger partial charge is 0.488 e. The summed E-state index contributed by atoms with van der Waals surface area (Å²) in [6, 6.07) is 23.8. The number of nitrogens with one attached hydrogen (secondary N) is 2. The molecule has 6 nitrogen and oxygen atoms in total. The van der Waals surface area contributed by atoms with Crippen LogP contribution in [0, 0.1) is 0 Å². The molecule has 0 saturated carbocycles. The molecule has 0 heterocycles. The second kappa shape index (κ2) is 10.8. The van der Waals surface area contributed by atoms with Crippen molar-refractivity contribution in [1.29, 1.82) is 0 Å². The highest BCUT2D eigenvalue weighted by Crippen LogP contribution is 2.18. The van der Waals surface area contributed by atoms with Gasteiger partial charge in [0.15, 0.2) is 0 Å². The number of hydrazone groups is 1. The number of benzene rings is 3. The van der Waals surface area contributed by atoms with Gasteiger partial charge in [0.05, 0.1) is 6.21 Å². The molecule has 30 heavy (non-hydrogen) atoms. The number of hydrogen-bond donors (Lipinski definition) is 2. The average Bonchev–Trinajstić information content (AvgIpc) is 2.73. The van der Waals surface area contributed by atoms with Gasteiger partial charge in [0, 0.05) is 16.3 Å². The third-order valence-electron chi connectivity index (χ3n) is 3.98. The van der Waals surface area contributed by atoms with Crippen molar-refractivity contribution in [3.8, 4) is 5.75 Å². The zero-order valence-electron chi connectivity index (χ0n) is 16.0. The monoisotopic (exact) mass is 421 g/mol. The second-order valence-corrected chi connectivity index (χ2v) is 6.78. The van der Waals surface area contributed by atoms with Gasteiger partial charge in [-0.15, -0.1) is 0 Å². The standard InChI is InChI=1S/C23H20ClN3O3/c24-19-10-6-11-20(13-19)26-22(28)14-23(29)27-25-15-18-9-4-5-12-21(18)30-16-17-7-2-1-3-8-17/h1-13,15H,14,16H2,(H,26,28)(H,27,29)/b25-15+. The molecule has 3 aromatic carbocycles. The van der Waals surface area contributed by atoms with Crippen molar-refractivity contribution >= 4 is 35.3 Å². The Labute approximate surface area is 179 Å². The minimum absolute atomic E-state index is 0.365. The van der Waals surface area contributed by atoms with Crippen molar-refractivity contribution in [3.05, 3.63) is 95.0 Å². The number of rotatable bonds is 8. The lowest BCUT2D eigenvalue weighted by molar-refractivity contribution is -0.126. The van der Waals surface area contributed by atoms with Crippen LogP contribution < -0.4 is 15.5 Å². The van der Waals surface area contributed by atoms with Crippen LogP contribution in [0.1, 0.15) is 17.5 Å². The molecule has 0 spiro atoms. The lowest BCUT2D eigenvalue weighted by atomic mass is 10.2. The molecule has 0 unspecified atom stereocenters. The molecule has 0 aromatic heterocycles. The highest BCUT2D eigenvalue weighted by Gasteiger charge is 2.09. The lowest BCUT2D eigenvalue weighted by Gasteiger charge is -2.09. The van der Waals surface area contributed by atoms with Crippen LogP contribution in [-0.4, -0.2) is 18.0 Å². The molecule has 0 bridgehead atoms. The Kier molecular flexibility index (Phi) is 7.58. The van der Waals surface area contributed by atoms with Crippen LogP contribution in [0.15, 0.2) is 84.0 Å². The Bertz CT molecular complexity index is 1040. The molecule has 2 N–H and O–H groups in total. The van der Waals surface area contributed by atoms with Crippen molar-refractivity contribution in [2.24, 2.45) is 5.10 Å². The topological polar surface area (TPSA) is 79.8 Å². The van der Waals surface area contributed by atoms with E-state index in [9.17, 15) is 9.59 Å². The molecule has 0 aliphatic rings. The molecule has 0 atom stereocenters. The summed E-state index contributed by atoms with van der Waals surface area (Å²) < 4.78 is 5.84. The van der Waals surface area contributed by atoms with Crippen molar-refractivity contribution in [2.75, 3.05) is 5.32 Å². The molecule has 0 aliphatic carbocycles. The first-order valence-electron chi connectivity index (χ1n) is 9.23. The Hall–Kier alpha value is -3.64.